The molecule has 0 aliphatic rings. The Morgan fingerprint density at radius 3 is 1.66 bits per heavy atom. The van der Waals surface area contributed by atoms with Crippen molar-refractivity contribution in [3.63, 3.8) is 0 Å². The molecule has 14 N–H and O–H groups in total. The summed E-state index contributed by atoms with van der Waals surface area (Å²) in [5.74, 6) is -8.05. The normalized spacial score (nSPS) is 14.9. The third kappa shape index (κ3) is 20.5. The molecule has 0 aliphatic heterocycles. The van der Waals surface area contributed by atoms with E-state index in [1.165, 1.54) is 13.8 Å². The molecule has 0 aromatic heterocycles. The van der Waals surface area contributed by atoms with Gasteiger partial charge in [0.25, 0.3) is 5.91 Å². The molecule has 21 nitrogen and oxygen atoms in total. The van der Waals surface area contributed by atoms with Gasteiger partial charge in [-0.05, 0) is 78.2 Å². The fourth-order valence-electron chi connectivity index (χ4n) is 4.42. The molecule has 0 saturated carbocycles. The number of amides is 4. The summed E-state index contributed by atoms with van der Waals surface area (Å²) in [5, 5.41) is 16.7. The zero-order chi connectivity index (χ0) is 40.8. The van der Waals surface area contributed by atoms with Crippen LogP contribution in [0.5, 0.6) is 0 Å². The van der Waals surface area contributed by atoms with E-state index >= 15 is 0 Å². The standard InChI is InChI=1S/C32H57N9O12/c1-16(2)15-23(41-27(45)21(10-8-14-38-32(36)37)39-26(44)20(34)11-12-24(35)42)31(50)53-19(5)30(49)52-18(4)29(48)51-17(3)25(43)40-22(28(46)47)9-6-7-13-33/h16-23H,6-15,33-34H2,1-5H3,(H2,35,42)(H,39,44)(H,40,43)(H,41,45)(H,46,47)(H4,36,37,38)/t17-,18-,19-,20+,21+,22+,23+/m1/s1. The van der Waals surface area contributed by atoms with Gasteiger partial charge in [0.05, 0.1) is 6.04 Å². The summed E-state index contributed by atoms with van der Waals surface area (Å²) in [6, 6.07) is -4.92. The molecule has 0 spiro atoms. The van der Waals surface area contributed by atoms with Crippen LogP contribution in [0, 0.1) is 5.92 Å². The van der Waals surface area contributed by atoms with Crippen LogP contribution in [0.25, 0.3) is 0 Å². The van der Waals surface area contributed by atoms with E-state index in [1.807, 2.05) is 0 Å². The number of ether oxygens (including phenoxy) is 3. The van der Waals surface area contributed by atoms with Crippen molar-refractivity contribution in [3.05, 3.63) is 0 Å². The number of guanidine groups is 1. The lowest BCUT2D eigenvalue weighted by molar-refractivity contribution is -0.180. The van der Waals surface area contributed by atoms with Crippen molar-refractivity contribution in [1.82, 2.24) is 16.0 Å². The van der Waals surface area contributed by atoms with Crippen LogP contribution in [0.2, 0.25) is 0 Å². The van der Waals surface area contributed by atoms with Crippen LogP contribution in [-0.4, -0.2) is 114 Å². The molecule has 0 unspecified atom stereocenters. The molecular weight excluding hydrogens is 702 g/mol. The second kappa shape index (κ2) is 25.0. The molecule has 302 valence electrons. The topological polar surface area (TPSA) is 363 Å². The first-order chi connectivity index (χ1) is 24.7. The van der Waals surface area contributed by atoms with Gasteiger partial charge >= 0.3 is 23.9 Å². The Bertz CT molecular complexity index is 1290. The summed E-state index contributed by atoms with van der Waals surface area (Å²) in [4.78, 5) is 103. The number of unbranched alkanes of at least 4 members (excludes halogenated alkanes) is 1. The highest BCUT2D eigenvalue weighted by atomic mass is 16.6. The first-order valence-electron chi connectivity index (χ1n) is 17.2. The number of carbonyl (C=O) groups is 8. The highest BCUT2D eigenvalue weighted by Crippen LogP contribution is 2.12. The molecule has 0 fully saturated rings. The number of nitrogens with two attached hydrogens (primary N) is 5. The van der Waals surface area contributed by atoms with Gasteiger partial charge in [0.15, 0.2) is 24.3 Å². The number of esters is 3. The van der Waals surface area contributed by atoms with Gasteiger partial charge < -0.3 is 63.9 Å². The number of hydrogen-bond donors (Lipinski definition) is 9. The fraction of sp³-hybridized carbons (Fsp3) is 0.719. The Labute approximate surface area is 308 Å². The van der Waals surface area contributed by atoms with Gasteiger partial charge in [0, 0.05) is 13.0 Å². The van der Waals surface area contributed by atoms with E-state index in [9.17, 15) is 43.5 Å². The number of nitrogens with zero attached hydrogens (tertiary/aromatic N) is 1. The van der Waals surface area contributed by atoms with Crippen molar-refractivity contribution in [3.8, 4) is 0 Å². The molecule has 53 heavy (non-hydrogen) atoms. The molecule has 0 rings (SSSR count). The molecule has 0 heterocycles. The maximum absolute atomic E-state index is 13.4. The zero-order valence-electron chi connectivity index (χ0n) is 31.0. The quantitative estimate of drug-likeness (QED) is 0.0141. The number of aliphatic imine (C=N–C) groups is 1. The van der Waals surface area contributed by atoms with E-state index in [2.05, 4.69) is 20.9 Å². The summed E-state index contributed by atoms with van der Waals surface area (Å²) in [7, 11) is 0. The number of aliphatic carboxylic acids is 1. The minimum Gasteiger partial charge on any atom is -0.480 e. The highest BCUT2D eigenvalue weighted by molar-refractivity contribution is 5.93. The number of rotatable bonds is 26. The van der Waals surface area contributed by atoms with E-state index in [0.29, 0.717) is 19.4 Å². The molecule has 0 aromatic carbocycles. The maximum Gasteiger partial charge on any atom is 0.347 e. The molecule has 0 aliphatic carbocycles. The van der Waals surface area contributed by atoms with Crippen molar-refractivity contribution < 1.29 is 57.7 Å². The van der Waals surface area contributed by atoms with E-state index in [0.717, 1.165) is 6.92 Å². The van der Waals surface area contributed by atoms with Crippen molar-refractivity contribution in [1.29, 1.82) is 0 Å². The Morgan fingerprint density at radius 1 is 0.642 bits per heavy atom. The average molecular weight is 760 g/mol. The summed E-state index contributed by atoms with van der Waals surface area (Å²) in [6.45, 7) is 7.50. The summed E-state index contributed by atoms with van der Waals surface area (Å²) in [6.07, 6.45) is -3.42. The second-order valence-corrected chi connectivity index (χ2v) is 12.7. The molecular formula is C32H57N9O12. The Hall–Kier alpha value is -5.05. The minimum atomic E-state index is -1.58. The van der Waals surface area contributed by atoms with Crippen LogP contribution >= 0.6 is 0 Å². The van der Waals surface area contributed by atoms with Crippen molar-refractivity contribution in [2.45, 2.75) is 128 Å². The van der Waals surface area contributed by atoms with E-state index in [4.69, 9.17) is 42.9 Å². The molecule has 0 radical (unpaired) electrons. The van der Waals surface area contributed by atoms with Gasteiger partial charge in [-0.15, -0.1) is 0 Å². The van der Waals surface area contributed by atoms with Crippen molar-refractivity contribution >= 4 is 53.5 Å². The lowest BCUT2D eigenvalue weighted by atomic mass is 10.0. The average Bonchev–Trinajstić information content (AvgIpc) is 3.06. The first kappa shape index (κ1) is 47.9. The van der Waals surface area contributed by atoms with Gasteiger partial charge in [-0.1, -0.05) is 13.8 Å². The number of carboxylic acid groups (broad SMARTS) is 1. The SMILES string of the molecule is CC(C)C[C@H](NC(=O)[C@H](CCCN=C(N)N)NC(=O)[C@@H](N)CCC(N)=O)C(=O)O[C@H](C)C(=O)O[C@H](C)C(=O)O[C@H](C)C(=O)N[C@@H](CCCCN)C(=O)O. The van der Waals surface area contributed by atoms with Gasteiger partial charge in [0.2, 0.25) is 17.7 Å². The predicted molar refractivity (Wildman–Crippen MR) is 189 cm³/mol. The number of nitrogens with one attached hydrogen (secondary N) is 3. The van der Waals surface area contributed by atoms with E-state index in [-0.39, 0.29) is 56.9 Å². The Morgan fingerprint density at radius 2 is 1.15 bits per heavy atom. The van der Waals surface area contributed by atoms with Crippen molar-refractivity contribution in [2.24, 2.45) is 39.6 Å². The van der Waals surface area contributed by atoms with Crippen LogP contribution in [-0.2, 0) is 52.6 Å². The maximum atomic E-state index is 13.4. The minimum absolute atomic E-state index is 0.0201. The predicted octanol–water partition coefficient (Wildman–Crippen LogP) is -2.86. The molecule has 0 bridgehead atoms. The second-order valence-electron chi connectivity index (χ2n) is 12.7. The fourth-order valence-corrected chi connectivity index (χ4v) is 4.42. The number of carboxylic acids is 1. The van der Waals surface area contributed by atoms with Crippen molar-refractivity contribution in [2.75, 3.05) is 13.1 Å². The van der Waals surface area contributed by atoms with Crippen LogP contribution in [0.3, 0.4) is 0 Å². The molecule has 4 amide bonds. The summed E-state index contributed by atoms with van der Waals surface area (Å²) >= 11 is 0. The lowest BCUT2D eigenvalue weighted by Crippen LogP contribution is -2.55. The van der Waals surface area contributed by atoms with Crippen LogP contribution < -0.4 is 44.6 Å². The van der Waals surface area contributed by atoms with E-state index in [1.54, 1.807) is 13.8 Å². The number of primary amides is 1. The molecule has 21 heteroatoms. The van der Waals surface area contributed by atoms with Gasteiger partial charge in [-0.25, -0.2) is 19.2 Å². The highest BCUT2D eigenvalue weighted by Gasteiger charge is 2.33. The third-order valence-electron chi connectivity index (χ3n) is 7.40. The number of hydrogen-bond acceptors (Lipinski definition) is 14. The zero-order valence-corrected chi connectivity index (χ0v) is 31.0. The van der Waals surface area contributed by atoms with E-state index < -0.39 is 90.0 Å². The first-order valence-corrected chi connectivity index (χ1v) is 17.2. The largest absolute Gasteiger partial charge is 0.480 e. The van der Waals surface area contributed by atoms with Crippen LogP contribution in [0.15, 0.2) is 4.99 Å². The van der Waals surface area contributed by atoms with Gasteiger partial charge in [-0.3, -0.25) is 24.2 Å². The van der Waals surface area contributed by atoms with Crippen LogP contribution in [0.4, 0.5) is 0 Å². The smallest absolute Gasteiger partial charge is 0.347 e. The Kier molecular flexibility index (Phi) is 22.6. The molecule has 0 aromatic rings. The lowest BCUT2D eigenvalue weighted by Gasteiger charge is -2.25. The Balaban J connectivity index is 5.52. The monoisotopic (exact) mass is 759 g/mol. The van der Waals surface area contributed by atoms with Gasteiger partial charge in [0.1, 0.15) is 18.1 Å². The molecule has 7 atom stereocenters. The van der Waals surface area contributed by atoms with Gasteiger partial charge in [-0.2, -0.15) is 0 Å². The third-order valence-corrected chi connectivity index (χ3v) is 7.40. The summed E-state index contributed by atoms with van der Waals surface area (Å²) in [5.41, 5.74) is 27.1. The number of carbonyl (C=O) groups excluding carboxylic acids is 7. The van der Waals surface area contributed by atoms with Crippen LogP contribution in [0.1, 0.15) is 86.0 Å². The molecule has 0 saturated heterocycles. The summed E-state index contributed by atoms with van der Waals surface area (Å²) < 4.78 is 15.3.